The summed E-state index contributed by atoms with van der Waals surface area (Å²) in [7, 11) is 0. The van der Waals surface area contributed by atoms with Crippen molar-refractivity contribution >= 4 is 29.9 Å². The highest BCUT2D eigenvalue weighted by molar-refractivity contribution is 7.80. The molecule has 0 aliphatic carbocycles. The van der Waals surface area contributed by atoms with Gasteiger partial charge < -0.3 is 21.1 Å². The molecule has 1 amide bonds. The van der Waals surface area contributed by atoms with E-state index in [4.69, 9.17) is 10.5 Å². The van der Waals surface area contributed by atoms with Crippen LogP contribution >= 0.6 is 12.6 Å². The highest BCUT2D eigenvalue weighted by Gasteiger charge is 2.20. The molecule has 1 heterocycles. The first kappa shape index (κ1) is 25.0. The number of para-hydroxylation sites is 1. The fraction of sp³-hybridized carbons (Fsp3) is 0.250. The van der Waals surface area contributed by atoms with Crippen LogP contribution in [0.5, 0.6) is 5.88 Å². The average molecular weight is 482 g/mol. The SMILES string of the molecule is C[C@@H](Oc1nc(-c2ccccc2)ccc1NCC(N)CS)C(=O)NCc1ccccc1[N+](=O)[O-]. The van der Waals surface area contributed by atoms with Crippen LogP contribution < -0.4 is 21.1 Å². The van der Waals surface area contributed by atoms with Gasteiger partial charge in [-0.15, -0.1) is 0 Å². The van der Waals surface area contributed by atoms with Crippen molar-refractivity contribution in [2.75, 3.05) is 17.6 Å². The zero-order chi connectivity index (χ0) is 24.5. The second kappa shape index (κ2) is 12.0. The number of aromatic nitrogens is 1. The first-order valence-corrected chi connectivity index (χ1v) is 11.4. The minimum atomic E-state index is -0.902. The van der Waals surface area contributed by atoms with E-state index in [1.807, 2.05) is 42.5 Å². The van der Waals surface area contributed by atoms with Crippen molar-refractivity contribution in [2.24, 2.45) is 5.73 Å². The number of amides is 1. The quantitative estimate of drug-likeness (QED) is 0.187. The molecule has 34 heavy (non-hydrogen) atoms. The minimum Gasteiger partial charge on any atom is -0.463 e. The predicted molar refractivity (Wildman–Crippen MR) is 135 cm³/mol. The number of rotatable bonds is 11. The van der Waals surface area contributed by atoms with Gasteiger partial charge in [-0.3, -0.25) is 14.9 Å². The molecule has 3 aromatic rings. The highest BCUT2D eigenvalue weighted by atomic mass is 32.1. The lowest BCUT2D eigenvalue weighted by atomic mass is 10.1. The highest BCUT2D eigenvalue weighted by Crippen LogP contribution is 2.28. The maximum Gasteiger partial charge on any atom is 0.274 e. The van der Waals surface area contributed by atoms with E-state index in [-0.39, 0.29) is 24.2 Å². The van der Waals surface area contributed by atoms with Crippen molar-refractivity contribution in [2.45, 2.75) is 25.6 Å². The summed E-state index contributed by atoms with van der Waals surface area (Å²) in [5.41, 5.74) is 8.49. The maximum absolute atomic E-state index is 12.7. The zero-order valence-electron chi connectivity index (χ0n) is 18.7. The Hall–Kier alpha value is -3.63. The van der Waals surface area contributed by atoms with Crippen molar-refractivity contribution in [3.63, 3.8) is 0 Å². The number of pyridine rings is 1. The molecule has 0 saturated carbocycles. The van der Waals surface area contributed by atoms with E-state index in [1.54, 1.807) is 25.1 Å². The number of carbonyl (C=O) groups excluding carboxylic acids is 1. The monoisotopic (exact) mass is 481 g/mol. The molecule has 4 N–H and O–H groups in total. The minimum absolute atomic E-state index is 0.00305. The first-order chi connectivity index (χ1) is 16.4. The van der Waals surface area contributed by atoms with Gasteiger partial charge in [-0.2, -0.15) is 12.6 Å². The Labute approximate surface area is 203 Å². The summed E-state index contributed by atoms with van der Waals surface area (Å²) in [6, 6.07) is 19.4. The molecule has 0 saturated heterocycles. The second-order valence-electron chi connectivity index (χ2n) is 7.60. The van der Waals surface area contributed by atoms with E-state index in [2.05, 4.69) is 28.2 Å². The normalized spacial score (nSPS) is 12.4. The topological polar surface area (TPSA) is 132 Å². The largest absolute Gasteiger partial charge is 0.463 e. The zero-order valence-corrected chi connectivity index (χ0v) is 19.6. The second-order valence-corrected chi connectivity index (χ2v) is 7.97. The lowest BCUT2D eigenvalue weighted by Crippen LogP contribution is -2.36. The molecule has 1 unspecified atom stereocenters. The number of thiol groups is 1. The van der Waals surface area contributed by atoms with Crippen LogP contribution in [-0.2, 0) is 11.3 Å². The van der Waals surface area contributed by atoms with Crippen LogP contribution in [0.4, 0.5) is 11.4 Å². The summed E-state index contributed by atoms with van der Waals surface area (Å²) in [5, 5.41) is 17.1. The number of nitrogens with one attached hydrogen (secondary N) is 2. The van der Waals surface area contributed by atoms with Gasteiger partial charge in [0.05, 0.1) is 16.3 Å². The smallest absolute Gasteiger partial charge is 0.274 e. The molecule has 0 bridgehead atoms. The van der Waals surface area contributed by atoms with Crippen molar-refractivity contribution in [1.29, 1.82) is 0 Å². The fourth-order valence-corrected chi connectivity index (χ4v) is 3.25. The van der Waals surface area contributed by atoms with Crippen LogP contribution in [0.15, 0.2) is 66.7 Å². The molecule has 0 aliphatic rings. The van der Waals surface area contributed by atoms with E-state index in [9.17, 15) is 14.9 Å². The van der Waals surface area contributed by atoms with Crippen LogP contribution in [0.3, 0.4) is 0 Å². The Balaban J connectivity index is 1.75. The molecule has 0 spiro atoms. The maximum atomic E-state index is 12.7. The predicted octanol–water partition coefficient (Wildman–Crippen LogP) is 3.41. The van der Waals surface area contributed by atoms with E-state index >= 15 is 0 Å². The number of hydrogen-bond acceptors (Lipinski definition) is 8. The number of nitrogens with zero attached hydrogens (tertiary/aromatic N) is 2. The average Bonchev–Trinajstić information content (AvgIpc) is 2.86. The Morgan fingerprint density at radius 2 is 1.85 bits per heavy atom. The Morgan fingerprint density at radius 1 is 1.15 bits per heavy atom. The van der Waals surface area contributed by atoms with Crippen molar-refractivity contribution in [1.82, 2.24) is 10.3 Å². The Morgan fingerprint density at radius 3 is 2.56 bits per heavy atom. The molecule has 3 rings (SSSR count). The summed E-state index contributed by atoms with van der Waals surface area (Å²) in [5.74, 6) is 0.326. The third kappa shape index (κ3) is 6.69. The molecule has 0 fully saturated rings. The van der Waals surface area contributed by atoms with Crippen molar-refractivity contribution in [3.8, 4) is 17.1 Å². The lowest BCUT2D eigenvalue weighted by molar-refractivity contribution is -0.385. The van der Waals surface area contributed by atoms with Gasteiger partial charge in [-0.05, 0) is 19.1 Å². The number of carbonyl (C=O) groups is 1. The Kier molecular flexibility index (Phi) is 8.83. The van der Waals surface area contributed by atoms with E-state index < -0.39 is 16.9 Å². The van der Waals surface area contributed by atoms with Crippen LogP contribution in [0.25, 0.3) is 11.3 Å². The number of anilines is 1. The van der Waals surface area contributed by atoms with Crippen LogP contribution in [0, 0.1) is 10.1 Å². The van der Waals surface area contributed by atoms with Gasteiger partial charge >= 0.3 is 0 Å². The van der Waals surface area contributed by atoms with Crippen molar-refractivity contribution in [3.05, 3.63) is 82.4 Å². The lowest BCUT2D eigenvalue weighted by Gasteiger charge is -2.19. The van der Waals surface area contributed by atoms with E-state index in [0.717, 1.165) is 5.56 Å². The van der Waals surface area contributed by atoms with Gasteiger partial charge in [0.15, 0.2) is 6.10 Å². The summed E-state index contributed by atoms with van der Waals surface area (Å²) in [4.78, 5) is 28.0. The Bertz CT molecular complexity index is 1130. The molecule has 0 radical (unpaired) electrons. The van der Waals surface area contributed by atoms with Gasteiger partial charge in [0.2, 0.25) is 5.88 Å². The van der Waals surface area contributed by atoms with Crippen molar-refractivity contribution < 1.29 is 14.5 Å². The molecule has 9 nitrogen and oxygen atoms in total. The van der Waals surface area contributed by atoms with Gasteiger partial charge in [0, 0.05) is 42.1 Å². The number of ether oxygens (including phenoxy) is 1. The summed E-state index contributed by atoms with van der Waals surface area (Å²) < 4.78 is 5.92. The summed E-state index contributed by atoms with van der Waals surface area (Å²) in [6.07, 6.45) is -0.902. The molecular formula is C24H27N5O4S. The van der Waals surface area contributed by atoms with Gasteiger partial charge in [-0.1, -0.05) is 48.5 Å². The number of hydrogen-bond donors (Lipinski definition) is 4. The van der Waals surface area contributed by atoms with Gasteiger partial charge in [0.25, 0.3) is 11.6 Å². The van der Waals surface area contributed by atoms with Crippen LogP contribution in [0.2, 0.25) is 0 Å². The molecule has 2 aromatic carbocycles. The standard InChI is InChI=1S/C24H27N5O4S/c1-16(23(30)27-13-18-9-5-6-10-22(18)29(31)32)33-24-21(26-14-19(25)15-34)12-11-20(28-24)17-7-3-2-4-8-17/h2-12,16,19,26,34H,13-15,25H2,1H3,(H,27,30)/t16-,19?/m1/s1. The molecule has 10 heteroatoms. The molecule has 0 aliphatic heterocycles. The van der Waals surface area contributed by atoms with Gasteiger partial charge in [0.1, 0.15) is 0 Å². The molecule has 178 valence electrons. The molecule has 2 atom stereocenters. The summed E-state index contributed by atoms with van der Waals surface area (Å²) in [6.45, 7) is 2.04. The van der Waals surface area contributed by atoms with Crippen LogP contribution in [0.1, 0.15) is 12.5 Å². The van der Waals surface area contributed by atoms with E-state index in [1.165, 1.54) is 6.07 Å². The third-order valence-electron chi connectivity index (χ3n) is 5.02. The summed E-state index contributed by atoms with van der Waals surface area (Å²) >= 11 is 4.20. The number of nitro benzene ring substituents is 1. The number of benzene rings is 2. The molecular weight excluding hydrogens is 454 g/mol. The van der Waals surface area contributed by atoms with E-state index in [0.29, 0.717) is 29.2 Å². The third-order valence-corrected chi connectivity index (χ3v) is 5.49. The molecule has 1 aromatic heterocycles. The number of nitro groups is 1. The van der Waals surface area contributed by atoms with Crippen LogP contribution in [-0.4, -0.2) is 40.3 Å². The fourth-order valence-electron chi connectivity index (χ4n) is 3.13. The van der Waals surface area contributed by atoms with Gasteiger partial charge in [-0.25, -0.2) is 4.98 Å². The first-order valence-electron chi connectivity index (χ1n) is 10.7. The number of nitrogens with two attached hydrogens (primary N) is 1.